The lowest BCUT2D eigenvalue weighted by molar-refractivity contribution is -0.114. The van der Waals surface area contributed by atoms with E-state index in [0.717, 1.165) is 23.4 Å². The van der Waals surface area contributed by atoms with E-state index in [9.17, 15) is 9.59 Å². The molecule has 5 heteroatoms. The molecular formula is C15H13N3O2. The first-order valence-electron chi connectivity index (χ1n) is 6.37. The Bertz CT molecular complexity index is 709. The summed E-state index contributed by atoms with van der Waals surface area (Å²) in [4.78, 5) is 22.1. The number of H-pyrrole nitrogens is 1. The van der Waals surface area contributed by atoms with Crippen molar-refractivity contribution in [3.63, 3.8) is 0 Å². The SMILES string of the molecule is O=C1C=C(Nc2ccc(-c3ccc(=O)[nH]n3)cc2)CC1. The van der Waals surface area contributed by atoms with E-state index < -0.39 is 0 Å². The van der Waals surface area contributed by atoms with Crippen molar-refractivity contribution in [3.05, 3.63) is 58.5 Å². The molecule has 0 atom stereocenters. The smallest absolute Gasteiger partial charge is 0.264 e. The van der Waals surface area contributed by atoms with Gasteiger partial charge in [-0.25, -0.2) is 5.10 Å². The Kier molecular flexibility index (Phi) is 3.16. The van der Waals surface area contributed by atoms with E-state index in [0.29, 0.717) is 12.1 Å². The summed E-state index contributed by atoms with van der Waals surface area (Å²) in [7, 11) is 0. The molecule has 0 fully saturated rings. The molecule has 100 valence electrons. The van der Waals surface area contributed by atoms with E-state index in [1.54, 1.807) is 12.1 Å². The molecule has 1 aromatic carbocycles. The highest BCUT2D eigenvalue weighted by molar-refractivity contribution is 5.93. The minimum Gasteiger partial charge on any atom is -0.359 e. The summed E-state index contributed by atoms with van der Waals surface area (Å²) in [5, 5.41) is 9.61. The van der Waals surface area contributed by atoms with Crippen molar-refractivity contribution in [2.24, 2.45) is 0 Å². The Hall–Kier alpha value is -2.69. The van der Waals surface area contributed by atoms with Gasteiger partial charge in [0.2, 0.25) is 0 Å². The van der Waals surface area contributed by atoms with Gasteiger partial charge in [0.1, 0.15) is 0 Å². The van der Waals surface area contributed by atoms with E-state index >= 15 is 0 Å². The highest BCUT2D eigenvalue weighted by Gasteiger charge is 2.11. The van der Waals surface area contributed by atoms with Gasteiger partial charge in [0, 0.05) is 35.5 Å². The minimum absolute atomic E-state index is 0.168. The topological polar surface area (TPSA) is 74.8 Å². The lowest BCUT2D eigenvalue weighted by Crippen LogP contribution is -2.05. The zero-order chi connectivity index (χ0) is 13.9. The number of rotatable bonds is 3. The number of benzene rings is 1. The van der Waals surface area contributed by atoms with Gasteiger partial charge in [-0.15, -0.1) is 0 Å². The fourth-order valence-corrected chi connectivity index (χ4v) is 2.11. The Morgan fingerprint density at radius 2 is 1.80 bits per heavy atom. The number of anilines is 1. The number of allylic oxidation sites excluding steroid dienone is 2. The molecular weight excluding hydrogens is 254 g/mol. The van der Waals surface area contributed by atoms with Crippen LogP contribution in [0.2, 0.25) is 0 Å². The average molecular weight is 267 g/mol. The summed E-state index contributed by atoms with van der Waals surface area (Å²) in [5.41, 5.74) is 3.30. The molecule has 0 radical (unpaired) electrons. The van der Waals surface area contributed by atoms with Crippen LogP contribution < -0.4 is 10.9 Å². The molecule has 1 aliphatic carbocycles. The van der Waals surface area contributed by atoms with E-state index in [1.165, 1.54) is 6.07 Å². The zero-order valence-electron chi connectivity index (χ0n) is 10.7. The van der Waals surface area contributed by atoms with Crippen LogP contribution in [0.15, 0.2) is 53.0 Å². The van der Waals surface area contributed by atoms with E-state index in [-0.39, 0.29) is 11.3 Å². The van der Waals surface area contributed by atoms with Gasteiger partial charge in [-0.1, -0.05) is 12.1 Å². The van der Waals surface area contributed by atoms with Crippen molar-refractivity contribution in [2.45, 2.75) is 12.8 Å². The first-order valence-corrected chi connectivity index (χ1v) is 6.37. The van der Waals surface area contributed by atoms with Gasteiger partial charge >= 0.3 is 0 Å². The van der Waals surface area contributed by atoms with E-state index in [4.69, 9.17) is 0 Å². The van der Waals surface area contributed by atoms with Gasteiger partial charge in [-0.05, 0) is 24.6 Å². The van der Waals surface area contributed by atoms with Crippen molar-refractivity contribution in [1.29, 1.82) is 0 Å². The molecule has 0 amide bonds. The van der Waals surface area contributed by atoms with Crippen molar-refractivity contribution in [2.75, 3.05) is 5.32 Å². The fraction of sp³-hybridized carbons (Fsp3) is 0.133. The Balaban J connectivity index is 1.77. The molecule has 0 unspecified atom stereocenters. The van der Waals surface area contributed by atoms with Crippen molar-refractivity contribution < 1.29 is 4.79 Å². The number of nitrogens with one attached hydrogen (secondary N) is 2. The van der Waals surface area contributed by atoms with E-state index in [1.807, 2.05) is 24.3 Å². The number of ketones is 1. The molecule has 20 heavy (non-hydrogen) atoms. The third-order valence-corrected chi connectivity index (χ3v) is 3.14. The van der Waals surface area contributed by atoms with Gasteiger partial charge in [-0.2, -0.15) is 5.10 Å². The predicted molar refractivity (Wildman–Crippen MR) is 76.2 cm³/mol. The summed E-state index contributed by atoms with van der Waals surface area (Å²) in [6, 6.07) is 10.8. The zero-order valence-corrected chi connectivity index (χ0v) is 10.7. The molecule has 0 aliphatic heterocycles. The number of hydrogen-bond acceptors (Lipinski definition) is 4. The summed E-state index contributed by atoms with van der Waals surface area (Å²) < 4.78 is 0. The lowest BCUT2D eigenvalue weighted by Gasteiger charge is -2.07. The molecule has 0 bridgehead atoms. The van der Waals surface area contributed by atoms with Gasteiger partial charge in [-0.3, -0.25) is 9.59 Å². The normalized spacial score (nSPS) is 14.2. The molecule has 0 saturated carbocycles. The first kappa shape index (κ1) is 12.3. The molecule has 0 spiro atoms. The van der Waals surface area contributed by atoms with Crippen LogP contribution in [-0.4, -0.2) is 16.0 Å². The molecule has 5 nitrogen and oxygen atoms in total. The number of nitrogens with zero attached hydrogens (tertiary/aromatic N) is 1. The Morgan fingerprint density at radius 3 is 2.40 bits per heavy atom. The molecule has 0 saturated heterocycles. The van der Waals surface area contributed by atoms with Gasteiger partial charge in [0.25, 0.3) is 5.56 Å². The number of aromatic nitrogens is 2. The number of carbonyl (C=O) groups is 1. The Morgan fingerprint density at radius 1 is 1.00 bits per heavy atom. The summed E-state index contributed by atoms with van der Waals surface area (Å²) in [6.45, 7) is 0. The van der Waals surface area contributed by atoms with Crippen LogP contribution in [0.5, 0.6) is 0 Å². The van der Waals surface area contributed by atoms with Crippen LogP contribution >= 0.6 is 0 Å². The second kappa shape index (κ2) is 5.13. The molecule has 2 N–H and O–H groups in total. The van der Waals surface area contributed by atoms with Gasteiger partial charge in [0.05, 0.1) is 5.69 Å². The molecule has 2 aromatic rings. The molecule has 3 rings (SSSR count). The molecule has 1 heterocycles. The maximum absolute atomic E-state index is 11.2. The van der Waals surface area contributed by atoms with Crippen molar-refractivity contribution in [1.82, 2.24) is 10.2 Å². The maximum Gasteiger partial charge on any atom is 0.264 e. The van der Waals surface area contributed by atoms with Gasteiger partial charge < -0.3 is 5.32 Å². The largest absolute Gasteiger partial charge is 0.359 e. The summed E-state index contributed by atoms with van der Waals surface area (Å²) in [6.07, 6.45) is 3.00. The quantitative estimate of drug-likeness (QED) is 0.893. The summed E-state index contributed by atoms with van der Waals surface area (Å²) in [5.74, 6) is 0.168. The second-order valence-electron chi connectivity index (χ2n) is 4.64. The van der Waals surface area contributed by atoms with Gasteiger partial charge in [0.15, 0.2) is 5.78 Å². The predicted octanol–water partition coefficient (Wildman–Crippen LogP) is 2.10. The average Bonchev–Trinajstić information content (AvgIpc) is 2.86. The Labute approximate surface area is 115 Å². The van der Waals surface area contributed by atoms with Crippen molar-refractivity contribution >= 4 is 11.5 Å². The first-order chi connectivity index (χ1) is 9.70. The fourth-order valence-electron chi connectivity index (χ4n) is 2.11. The van der Waals surface area contributed by atoms with Crippen LogP contribution in [0.1, 0.15) is 12.8 Å². The molecule has 1 aromatic heterocycles. The van der Waals surface area contributed by atoms with Crippen LogP contribution in [0.3, 0.4) is 0 Å². The highest BCUT2D eigenvalue weighted by Crippen LogP contribution is 2.22. The lowest BCUT2D eigenvalue weighted by atomic mass is 10.1. The second-order valence-corrected chi connectivity index (χ2v) is 4.64. The monoisotopic (exact) mass is 267 g/mol. The third-order valence-electron chi connectivity index (χ3n) is 3.14. The minimum atomic E-state index is -0.218. The number of carbonyl (C=O) groups excluding carboxylic acids is 1. The van der Waals surface area contributed by atoms with Crippen molar-refractivity contribution in [3.8, 4) is 11.3 Å². The highest BCUT2D eigenvalue weighted by atomic mass is 16.1. The van der Waals surface area contributed by atoms with E-state index in [2.05, 4.69) is 15.5 Å². The third kappa shape index (κ3) is 2.66. The summed E-state index contributed by atoms with van der Waals surface area (Å²) >= 11 is 0. The maximum atomic E-state index is 11.2. The van der Waals surface area contributed by atoms with Crippen LogP contribution in [0, 0.1) is 0 Å². The number of aromatic amines is 1. The molecule has 1 aliphatic rings. The number of hydrogen-bond donors (Lipinski definition) is 2. The van der Waals surface area contributed by atoms with Crippen LogP contribution in [-0.2, 0) is 4.79 Å². The van der Waals surface area contributed by atoms with Crippen LogP contribution in [0.25, 0.3) is 11.3 Å². The standard InChI is InChI=1S/C15H13N3O2/c19-13-6-5-12(9-13)16-11-3-1-10(2-4-11)14-7-8-15(20)18-17-14/h1-4,7-9,16H,5-6H2,(H,18,20). The van der Waals surface area contributed by atoms with Crippen LogP contribution in [0.4, 0.5) is 5.69 Å².